The van der Waals surface area contributed by atoms with Crippen molar-refractivity contribution >= 4 is 22.7 Å². The first-order valence-electron chi connectivity index (χ1n) is 8.23. The van der Waals surface area contributed by atoms with Gasteiger partial charge in [0, 0.05) is 29.4 Å². The lowest BCUT2D eigenvalue weighted by molar-refractivity contribution is 0.174. The number of ether oxygens (including phenoxy) is 3. The molecular formula is C19H19N3O3S. The van der Waals surface area contributed by atoms with Gasteiger partial charge in [0.2, 0.25) is 6.79 Å². The van der Waals surface area contributed by atoms with Crippen LogP contribution in [0.25, 0.3) is 10.9 Å². The number of benzene rings is 2. The van der Waals surface area contributed by atoms with E-state index in [9.17, 15) is 0 Å². The number of hydrogen-bond acceptors (Lipinski definition) is 7. The molecule has 134 valence electrons. The van der Waals surface area contributed by atoms with E-state index in [4.69, 9.17) is 14.2 Å². The molecule has 0 amide bonds. The standard InChI is InChI=1S/C19H19N3O3S/c1-23-18-7-14-13(6-19(18)26-2)15(22-10-21-14)9-20-8-12-3-4-16-17(5-12)25-11-24-16/h3-7,10,20H,8-9,11H2,1-2H3. The molecule has 0 atom stereocenters. The van der Waals surface area contributed by atoms with Crippen LogP contribution in [0.4, 0.5) is 0 Å². The summed E-state index contributed by atoms with van der Waals surface area (Å²) < 4.78 is 16.2. The molecule has 0 radical (unpaired) electrons. The first kappa shape index (κ1) is 16.9. The Hall–Kier alpha value is -2.51. The van der Waals surface area contributed by atoms with E-state index in [0.717, 1.165) is 44.3 Å². The maximum Gasteiger partial charge on any atom is 0.231 e. The van der Waals surface area contributed by atoms with E-state index in [0.29, 0.717) is 19.9 Å². The van der Waals surface area contributed by atoms with Crippen molar-refractivity contribution in [3.05, 3.63) is 47.9 Å². The zero-order chi connectivity index (χ0) is 17.9. The van der Waals surface area contributed by atoms with Gasteiger partial charge in [0.05, 0.1) is 18.3 Å². The molecule has 1 aromatic heterocycles. The molecule has 0 spiro atoms. The fourth-order valence-corrected chi connectivity index (χ4v) is 3.53. The Kier molecular flexibility index (Phi) is 4.81. The molecule has 0 aliphatic carbocycles. The minimum absolute atomic E-state index is 0.292. The molecule has 0 saturated carbocycles. The fraction of sp³-hybridized carbons (Fsp3) is 0.263. The second-order valence-electron chi connectivity index (χ2n) is 5.84. The predicted octanol–water partition coefficient (Wildman–Crippen LogP) is 3.38. The molecule has 3 aromatic rings. The van der Waals surface area contributed by atoms with Gasteiger partial charge in [-0.2, -0.15) is 0 Å². The molecule has 1 aliphatic rings. The van der Waals surface area contributed by atoms with Crippen molar-refractivity contribution in [1.82, 2.24) is 15.3 Å². The molecular weight excluding hydrogens is 350 g/mol. The highest BCUT2D eigenvalue weighted by Gasteiger charge is 2.13. The first-order valence-corrected chi connectivity index (χ1v) is 9.46. The molecule has 1 N–H and O–H groups in total. The lowest BCUT2D eigenvalue weighted by atomic mass is 10.1. The summed E-state index contributed by atoms with van der Waals surface area (Å²) in [6.07, 6.45) is 3.63. The van der Waals surface area contributed by atoms with Crippen LogP contribution in [0.2, 0.25) is 0 Å². The van der Waals surface area contributed by atoms with Crippen molar-refractivity contribution in [3.63, 3.8) is 0 Å². The quantitative estimate of drug-likeness (QED) is 0.668. The number of hydrogen-bond donors (Lipinski definition) is 1. The molecule has 7 heteroatoms. The van der Waals surface area contributed by atoms with E-state index in [1.165, 1.54) is 0 Å². The molecule has 1 aliphatic heterocycles. The maximum absolute atomic E-state index is 5.44. The third-order valence-electron chi connectivity index (χ3n) is 4.28. The van der Waals surface area contributed by atoms with Crippen LogP contribution in [0.1, 0.15) is 11.3 Å². The molecule has 0 bridgehead atoms. The van der Waals surface area contributed by atoms with Crippen LogP contribution in [0.5, 0.6) is 17.2 Å². The summed E-state index contributed by atoms with van der Waals surface area (Å²) in [7, 11) is 1.68. The van der Waals surface area contributed by atoms with E-state index in [1.807, 2.05) is 30.5 Å². The Morgan fingerprint density at radius 3 is 2.85 bits per heavy atom. The van der Waals surface area contributed by atoms with Gasteiger partial charge in [0.15, 0.2) is 11.5 Å². The van der Waals surface area contributed by atoms with Gasteiger partial charge in [-0.1, -0.05) is 6.07 Å². The van der Waals surface area contributed by atoms with Gasteiger partial charge in [-0.15, -0.1) is 11.8 Å². The van der Waals surface area contributed by atoms with Gasteiger partial charge in [-0.05, 0) is 30.0 Å². The van der Waals surface area contributed by atoms with Crippen molar-refractivity contribution in [2.45, 2.75) is 18.0 Å². The van der Waals surface area contributed by atoms with E-state index in [1.54, 1.807) is 25.2 Å². The van der Waals surface area contributed by atoms with Gasteiger partial charge in [-0.25, -0.2) is 9.97 Å². The number of nitrogens with zero attached hydrogens (tertiary/aromatic N) is 2. The molecule has 0 saturated heterocycles. The second-order valence-corrected chi connectivity index (χ2v) is 6.68. The maximum atomic E-state index is 5.44. The third-order valence-corrected chi connectivity index (χ3v) is 5.04. The van der Waals surface area contributed by atoms with Gasteiger partial charge < -0.3 is 19.5 Å². The molecule has 2 heterocycles. The van der Waals surface area contributed by atoms with Crippen LogP contribution in [0.15, 0.2) is 41.6 Å². The molecule has 2 aromatic carbocycles. The molecule has 4 rings (SSSR count). The summed E-state index contributed by atoms with van der Waals surface area (Å²) in [6.45, 7) is 1.65. The van der Waals surface area contributed by atoms with Crippen LogP contribution >= 0.6 is 11.8 Å². The SMILES string of the molecule is COc1cc2ncnc(CNCc3ccc4c(c3)OCO4)c2cc1SC. The van der Waals surface area contributed by atoms with Gasteiger partial charge in [-0.3, -0.25) is 0 Å². The zero-order valence-electron chi connectivity index (χ0n) is 14.6. The molecule has 6 nitrogen and oxygen atoms in total. The van der Waals surface area contributed by atoms with Gasteiger partial charge in [0.25, 0.3) is 0 Å². The number of fused-ring (bicyclic) bond motifs is 2. The van der Waals surface area contributed by atoms with Crippen LogP contribution in [-0.4, -0.2) is 30.1 Å². The van der Waals surface area contributed by atoms with Gasteiger partial charge >= 0.3 is 0 Å². The highest BCUT2D eigenvalue weighted by molar-refractivity contribution is 7.98. The zero-order valence-corrected chi connectivity index (χ0v) is 15.4. The topological polar surface area (TPSA) is 65.5 Å². The van der Waals surface area contributed by atoms with Crippen molar-refractivity contribution in [1.29, 1.82) is 0 Å². The van der Waals surface area contributed by atoms with Crippen molar-refractivity contribution in [3.8, 4) is 17.2 Å². The minimum atomic E-state index is 0.292. The highest BCUT2D eigenvalue weighted by Crippen LogP contribution is 2.33. The second kappa shape index (κ2) is 7.39. The van der Waals surface area contributed by atoms with Crippen molar-refractivity contribution in [2.75, 3.05) is 20.2 Å². The average Bonchev–Trinajstić information content (AvgIpc) is 3.15. The van der Waals surface area contributed by atoms with E-state index in [-0.39, 0.29) is 0 Å². The highest BCUT2D eigenvalue weighted by atomic mass is 32.2. The van der Waals surface area contributed by atoms with Crippen LogP contribution in [0.3, 0.4) is 0 Å². The number of aromatic nitrogens is 2. The Balaban J connectivity index is 1.52. The fourth-order valence-electron chi connectivity index (χ4n) is 2.95. The lowest BCUT2D eigenvalue weighted by Gasteiger charge is -2.11. The van der Waals surface area contributed by atoms with Crippen molar-refractivity contribution < 1.29 is 14.2 Å². The summed E-state index contributed by atoms with van der Waals surface area (Å²) in [4.78, 5) is 9.91. The number of nitrogens with one attached hydrogen (secondary N) is 1. The van der Waals surface area contributed by atoms with Crippen molar-refractivity contribution in [2.24, 2.45) is 0 Å². The average molecular weight is 369 g/mol. The first-order chi connectivity index (χ1) is 12.8. The number of methoxy groups -OCH3 is 1. The Morgan fingerprint density at radius 2 is 2.00 bits per heavy atom. The summed E-state index contributed by atoms with van der Waals surface area (Å²) in [5.41, 5.74) is 2.99. The Bertz CT molecular complexity index is 949. The molecule has 0 fully saturated rings. The molecule has 0 unspecified atom stereocenters. The summed E-state index contributed by atoms with van der Waals surface area (Å²) in [5, 5.41) is 4.48. The van der Waals surface area contributed by atoms with E-state index >= 15 is 0 Å². The van der Waals surface area contributed by atoms with E-state index < -0.39 is 0 Å². The summed E-state index contributed by atoms with van der Waals surface area (Å²) >= 11 is 1.65. The van der Waals surface area contributed by atoms with Crippen LogP contribution < -0.4 is 19.5 Å². The molecule has 26 heavy (non-hydrogen) atoms. The van der Waals surface area contributed by atoms with Crippen LogP contribution in [0, 0.1) is 0 Å². The largest absolute Gasteiger partial charge is 0.496 e. The predicted molar refractivity (Wildman–Crippen MR) is 101 cm³/mol. The number of thioether (sulfide) groups is 1. The van der Waals surface area contributed by atoms with E-state index in [2.05, 4.69) is 21.4 Å². The van der Waals surface area contributed by atoms with Crippen LogP contribution in [-0.2, 0) is 13.1 Å². The third kappa shape index (κ3) is 3.27. The van der Waals surface area contributed by atoms with Gasteiger partial charge in [0.1, 0.15) is 12.1 Å². The minimum Gasteiger partial charge on any atom is -0.496 e. The number of rotatable bonds is 6. The smallest absolute Gasteiger partial charge is 0.231 e. The lowest BCUT2D eigenvalue weighted by Crippen LogP contribution is -2.14. The normalized spacial score (nSPS) is 12.5. The monoisotopic (exact) mass is 369 g/mol. The Labute approximate surface area is 155 Å². The summed E-state index contributed by atoms with van der Waals surface area (Å²) in [5.74, 6) is 2.44. The Morgan fingerprint density at radius 1 is 1.12 bits per heavy atom. The summed E-state index contributed by atoms with van der Waals surface area (Å²) in [6, 6.07) is 10.0.